The number of ether oxygens (including phenoxy) is 2. The highest BCUT2D eigenvalue weighted by atomic mass is 16.5. The van der Waals surface area contributed by atoms with Gasteiger partial charge >= 0.3 is 5.97 Å². The minimum absolute atomic E-state index is 0.00701. The third-order valence-corrected chi connectivity index (χ3v) is 14.6. The molecule has 2 rings (SSSR count). The van der Waals surface area contributed by atoms with Crippen LogP contribution in [0.25, 0.3) is 0 Å². The molecule has 0 saturated carbocycles. The zero-order chi connectivity index (χ0) is 71.0. The number of amides is 11. The van der Waals surface area contributed by atoms with E-state index in [1.165, 1.54) is 44.2 Å². The number of carbonyl (C=O) groups is 12. The van der Waals surface area contributed by atoms with Gasteiger partial charge in [-0.05, 0) is 82.1 Å². The summed E-state index contributed by atoms with van der Waals surface area (Å²) >= 11 is 0. The summed E-state index contributed by atoms with van der Waals surface area (Å²) in [5.74, 6) is -17.4. The molecular formula is C60H101N15O18. The van der Waals surface area contributed by atoms with Crippen LogP contribution in [0.4, 0.5) is 0 Å². The third kappa shape index (κ3) is 27.6. The lowest BCUT2D eigenvalue weighted by molar-refractivity contribution is -0.159. The fraction of sp³-hybridized carbons (Fsp3) is 0.683. The lowest BCUT2D eigenvalue weighted by Gasteiger charge is -2.34. The van der Waals surface area contributed by atoms with Crippen molar-refractivity contribution >= 4 is 76.9 Å². The summed E-state index contributed by atoms with van der Waals surface area (Å²) < 4.78 is 11.9. The number of aliphatic hydroxyl groups is 4. The standard InChI is InChI=1S/C60H101N15O18/c1-14-30(6)39-53(87)73-40(31(7)77)52(86)66-25-38(78)71-42(45(80)47(62)81)55(89)69-36(26-76)57(91)93-46(32-19-16-15-17-20-32)43(75-51(85)37(27-92-60(11,12)13)70-48(82)33(61)24-59(8,9)10)56(90)74-41(44(79)29(4)5)54(88)68-35(23-28(2)3)50(84)67-34(49(83)72-39)21-18-22-65-58(63)64/h15-17,19-20,28-31,33-37,39-46,76-77,79-80H,14,18,21-27,61H2,1-13H3,(H2,62,81)(H,66,86)(H,67,84)(H,68,88)(H,69,89)(H,70,82)(H,71,78)(H,72,83)(H,73,87)(H,74,90)(H,75,85)(H4,63,64,65)/t30-,31-,33+,34+,35-,36-,37-,39?,40-,41-,42-,43-,44+,45-,46+/m0/s1. The van der Waals surface area contributed by atoms with Crippen molar-refractivity contribution in [1.82, 2.24) is 58.5 Å². The highest BCUT2D eigenvalue weighted by Gasteiger charge is 2.44. The Balaban J connectivity index is 3.16. The predicted octanol–water partition coefficient (Wildman–Crippen LogP) is -5.07. The van der Waals surface area contributed by atoms with E-state index in [-0.39, 0.29) is 44.2 Å². The SMILES string of the molecule is CC[C@H](C)C1NC(=O)[C@@H](CCCNC(=N)N)NC(=O)[C@H](CC(C)C)NC(=O)[C@H]([C@H](O)C(C)C)NC(=O)[C@@H](NC(=O)[C@H](COC(C)(C)C)NC(=O)[C@H](N)CC(C)(C)C)[C@@H](c2ccccc2)OC(=O)[C@H](CO)NC(=O)[C@H]([C@H](O)C(N)=O)NC(=O)CNC(=O)[C@H]([C@H](C)O)NC1=O. The number of benzene rings is 1. The van der Waals surface area contributed by atoms with E-state index in [0.29, 0.717) is 0 Å². The monoisotopic (exact) mass is 1320 g/mol. The molecule has 1 aliphatic heterocycles. The summed E-state index contributed by atoms with van der Waals surface area (Å²) in [5, 5.41) is 78.2. The number of esters is 1. The van der Waals surface area contributed by atoms with Crippen LogP contribution in [-0.4, -0.2) is 208 Å². The zero-order valence-corrected chi connectivity index (χ0v) is 55.3. The van der Waals surface area contributed by atoms with Gasteiger partial charge < -0.3 is 106 Å². The van der Waals surface area contributed by atoms with Crippen molar-refractivity contribution in [3.05, 3.63) is 35.9 Å². The van der Waals surface area contributed by atoms with Gasteiger partial charge in [0.05, 0.1) is 43.6 Å². The number of aliphatic hydroxyl groups excluding tert-OH is 4. The molecule has 0 spiro atoms. The lowest BCUT2D eigenvalue weighted by Crippen LogP contribution is -2.64. The topological polar surface area (TPSA) is 538 Å². The van der Waals surface area contributed by atoms with Crippen molar-refractivity contribution in [2.45, 2.75) is 213 Å². The molecule has 1 unspecified atom stereocenters. The van der Waals surface area contributed by atoms with Crippen LogP contribution in [0.3, 0.4) is 0 Å². The predicted molar refractivity (Wildman–Crippen MR) is 336 cm³/mol. The Kier molecular flexibility index (Phi) is 32.7. The van der Waals surface area contributed by atoms with Crippen molar-refractivity contribution < 1.29 is 87.4 Å². The minimum atomic E-state index is -2.59. The van der Waals surface area contributed by atoms with Crippen molar-refractivity contribution in [1.29, 1.82) is 5.41 Å². The highest BCUT2D eigenvalue weighted by molar-refractivity contribution is 6.00. The van der Waals surface area contributed by atoms with E-state index in [4.69, 9.17) is 32.1 Å². The van der Waals surface area contributed by atoms with Gasteiger partial charge in [-0.2, -0.15) is 0 Å². The van der Waals surface area contributed by atoms with Gasteiger partial charge in [-0.15, -0.1) is 0 Å². The molecule has 1 heterocycles. The van der Waals surface area contributed by atoms with E-state index in [9.17, 15) is 73.2 Å². The second-order valence-electron chi connectivity index (χ2n) is 26.0. The van der Waals surface area contributed by atoms with Gasteiger partial charge in [0.25, 0.3) is 0 Å². The Bertz CT molecular complexity index is 2740. The molecule has 33 nitrogen and oxygen atoms in total. The average Bonchev–Trinajstić information content (AvgIpc) is 0.871. The first-order valence-corrected chi connectivity index (χ1v) is 30.8. The molecule has 0 radical (unpaired) electrons. The molecule has 524 valence electrons. The Morgan fingerprint density at radius 2 is 1.26 bits per heavy atom. The van der Waals surface area contributed by atoms with Crippen molar-refractivity contribution in [2.75, 3.05) is 26.3 Å². The maximum atomic E-state index is 15.4. The number of guanidine groups is 1. The fourth-order valence-corrected chi connectivity index (χ4v) is 9.23. The Morgan fingerprint density at radius 1 is 0.710 bits per heavy atom. The molecule has 1 saturated heterocycles. The number of cyclic esters (lactones) is 1. The van der Waals surface area contributed by atoms with Crippen LogP contribution in [0.15, 0.2) is 30.3 Å². The summed E-state index contributed by atoms with van der Waals surface area (Å²) in [7, 11) is 0. The second kappa shape index (κ2) is 37.6. The third-order valence-electron chi connectivity index (χ3n) is 14.6. The molecule has 22 N–H and O–H groups in total. The molecule has 0 bridgehead atoms. The minimum Gasteiger partial charge on any atom is -0.453 e. The Hall–Kier alpha value is -8.11. The summed E-state index contributed by atoms with van der Waals surface area (Å²) in [6.07, 6.45) is -8.18. The van der Waals surface area contributed by atoms with E-state index in [1.54, 1.807) is 48.5 Å². The molecule has 1 aliphatic rings. The van der Waals surface area contributed by atoms with Gasteiger partial charge in [0.1, 0.15) is 48.3 Å². The van der Waals surface area contributed by atoms with E-state index in [2.05, 4.69) is 47.9 Å². The zero-order valence-electron chi connectivity index (χ0n) is 55.3. The first-order chi connectivity index (χ1) is 43.1. The van der Waals surface area contributed by atoms with Crippen molar-refractivity contribution in [3.8, 4) is 0 Å². The van der Waals surface area contributed by atoms with Crippen molar-refractivity contribution in [3.63, 3.8) is 0 Å². The van der Waals surface area contributed by atoms with Crippen LogP contribution in [-0.2, 0) is 67.0 Å². The molecule has 1 fully saturated rings. The van der Waals surface area contributed by atoms with Crippen LogP contribution in [0, 0.1) is 28.6 Å². The number of hydrogen-bond donors (Lipinski definition) is 19. The van der Waals surface area contributed by atoms with E-state index < -0.39 is 210 Å². The first-order valence-electron chi connectivity index (χ1n) is 30.8. The number of rotatable bonds is 22. The van der Waals surface area contributed by atoms with Gasteiger partial charge in [0.15, 0.2) is 24.2 Å². The molecule has 0 aliphatic carbocycles. The van der Waals surface area contributed by atoms with E-state index in [1.807, 2.05) is 31.4 Å². The summed E-state index contributed by atoms with van der Waals surface area (Å²) in [6.45, 7) is 18.0. The number of nitrogens with one attached hydrogen (secondary N) is 12. The number of nitrogens with two attached hydrogens (primary N) is 3. The van der Waals surface area contributed by atoms with E-state index >= 15 is 4.79 Å². The first kappa shape index (κ1) is 81.0. The maximum absolute atomic E-state index is 15.4. The smallest absolute Gasteiger partial charge is 0.331 e. The quantitative estimate of drug-likeness (QED) is 0.0224. The van der Waals surface area contributed by atoms with Gasteiger partial charge in [0, 0.05) is 6.54 Å². The molecule has 15 atom stereocenters. The molecule has 1 aromatic carbocycles. The van der Waals surface area contributed by atoms with Crippen LogP contribution >= 0.6 is 0 Å². The Labute approximate surface area is 541 Å². The van der Waals surface area contributed by atoms with Gasteiger partial charge in [-0.25, -0.2) is 4.79 Å². The maximum Gasteiger partial charge on any atom is 0.331 e. The van der Waals surface area contributed by atoms with Gasteiger partial charge in [-0.3, -0.25) is 58.1 Å². The lowest BCUT2D eigenvalue weighted by atomic mass is 9.88. The largest absolute Gasteiger partial charge is 0.453 e. The number of carbonyl (C=O) groups excluding carboxylic acids is 12. The second-order valence-corrected chi connectivity index (χ2v) is 26.0. The molecule has 33 heteroatoms. The fourth-order valence-electron chi connectivity index (χ4n) is 9.23. The number of hydrogen-bond acceptors (Lipinski definition) is 20. The molecule has 0 aromatic heterocycles. The van der Waals surface area contributed by atoms with Gasteiger partial charge in [0.2, 0.25) is 65.0 Å². The number of primary amides is 1. The van der Waals surface area contributed by atoms with Crippen LogP contribution in [0.2, 0.25) is 0 Å². The molecule has 1 aromatic rings. The summed E-state index contributed by atoms with van der Waals surface area (Å²) in [4.78, 5) is 171. The van der Waals surface area contributed by atoms with Crippen LogP contribution < -0.4 is 75.7 Å². The average molecular weight is 1320 g/mol. The molecule has 11 amide bonds. The van der Waals surface area contributed by atoms with Crippen LogP contribution in [0.1, 0.15) is 134 Å². The van der Waals surface area contributed by atoms with E-state index in [0.717, 1.165) is 6.92 Å². The van der Waals surface area contributed by atoms with Gasteiger partial charge in [-0.1, -0.05) is 99.1 Å². The Morgan fingerprint density at radius 3 is 1.78 bits per heavy atom. The molecular weight excluding hydrogens is 1220 g/mol. The highest BCUT2D eigenvalue weighted by Crippen LogP contribution is 2.25. The summed E-state index contributed by atoms with van der Waals surface area (Å²) in [5.41, 5.74) is 15.6. The van der Waals surface area contributed by atoms with Crippen molar-refractivity contribution in [2.24, 2.45) is 40.4 Å². The summed E-state index contributed by atoms with van der Waals surface area (Å²) in [6, 6.07) is -11.4. The van der Waals surface area contributed by atoms with Crippen LogP contribution in [0.5, 0.6) is 0 Å². The normalized spacial score (nSPS) is 24.6. The molecule has 93 heavy (non-hydrogen) atoms.